The fourth-order valence-electron chi connectivity index (χ4n) is 16.0. The molecular weight excluding hydrogens is 808 g/mol. The molecule has 5 aliphatic carbocycles. The summed E-state index contributed by atoms with van der Waals surface area (Å²) in [4.78, 5) is 0. The van der Waals surface area contributed by atoms with Crippen molar-refractivity contribution in [3.63, 3.8) is 0 Å². The third-order valence-corrected chi connectivity index (χ3v) is 19.7. The van der Waals surface area contributed by atoms with Crippen molar-refractivity contribution in [1.82, 2.24) is 0 Å². The van der Waals surface area contributed by atoms with Gasteiger partial charge in [-0.3, -0.25) is 0 Å². The molecule has 0 radical (unpaired) electrons. The van der Waals surface area contributed by atoms with Crippen LogP contribution in [0.4, 0.5) is 0 Å². The van der Waals surface area contributed by atoms with Crippen molar-refractivity contribution in [2.24, 2.45) is 50.2 Å². The van der Waals surface area contributed by atoms with Crippen molar-refractivity contribution in [1.29, 1.82) is 0 Å². The Kier molecular flexibility index (Phi) is 11.8. The number of aliphatic hydroxyl groups is 9. The SMILES string of the molecule is CC1(C)CC[C@]23CO[C@@]4(CC[C@@H]5[C@@]6(C)CC[C@H](O[C@@H]7OC[C@H](O[C@@H]8O[C@H](CO)[C@H](O)[C@H](O)[C@H]8O[C@H]8OC[C@H](O)[C@@H](O)[C@@H]8O)[C@H](O)[C@H]7O)C(C)(C)[C@@H]6CC[C@@]5(C)[C@]4(C)C[C@H]2O)[C@@H]3C1. The molecule has 5 saturated carbocycles. The topological polar surface area (TPSA) is 247 Å². The van der Waals surface area contributed by atoms with Crippen LogP contribution in [0.2, 0.25) is 0 Å². The van der Waals surface area contributed by atoms with Crippen LogP contribution in [0.3, 0.4) is 0 Å². The molecule has 4 saturated heterocycles. The summed E-state index contributed by atoms with van der Waals surface area (Å²) in [6.07, 6.45) is -10.5. The Labute approximate surface area is 365 Å². The molecule has 9 rings (SSSR count). The maximum Gasteiger partial charge on any atom is 0.187 e. The molecule has 0 aromatic heterocycles. The molecule has 9 aliphatic rings. The standard InChI is InChI=1S/C46H76O16/c1-40(2)14-15-45-21-58-46(27(45)16-40)13-9-26-42(5)11-10-29(41(3,4)25(42)8-12-43(26,6)44(46,7)17-28(45)49)61-37-35(55)32(52)24(20-57-37)60-39-36(33(53)31(51)23(18-47)59-39)62-38-34(54)30(50)22(48)19-56-38/h22-39,47-55H,8-21H2,1-7H3/t22-,23+,24-,25-,26+,27+,28+,29-,30+,31-,32-,33-,34-,35+,36+,37-,38+,39-,42-,43+,44-,45+,46-/m0/s1. The molecule has 23 atom stereocenters. The fourth-order valence-corrected chi connectivity index (χ4v) is 16.0. The molecule has 16 heteroatoms. The molecule has 0 aromatic carbocycles. The first kappa shape index (κ1) is 46.5. The van der Waals surface area contributed by atoms with Crippen molar-refractivity contribution < 1.29 is 79.1 Å². The normalized spacial score (nSPS) is 58.1. The lowest BCUT2D eigenvalue weighted by atomic mass is 9.30. The van der Waals surface area contributed by atoms with Gasteiger partial charge in [0.1, 0.15) is 61.0 Å². The maximum absolute atomic E-state index is 12.2. The molecule has 62 heavy (non-hydrogen) atoms. The van der Waals surface area contributed by atoms with Gasteiger partial charge in [0.05, 0.1) is 44.2 Å². The fraction of sp³-hybridized carbons (Fsp3) is 1.00. The zero-order valence-corrected chi connectivity index (χ0v) is 37.7. The number of hydrogen-bond donors (Lipinski definition) is 9. The Morgan fingerprint density at radius 2 is 1.27 bits per heavy atom. The Balaban J connectivity index is 0.879. The summed E-state index contributed by atoms with van der Waals surface area (Å²) in [6.45, 7) is 16.1. The van der Waals surface area contributed by atoms with Gasteiger partial charge in [-0.15, -0.1) is 0 Å². The highest BCUT2D eigenvalue weighted by molar-refractivity contribution is 5.28. The Morgan fingerprint density at radius 3 is 2.00 bits per heavy atom. The number of ether oxygens (including phenoxy) is 7. The number of aliphatic hydroxyl groups excluding tert-OH is 9. The van der Waals surface area contributed by atoms with E-state index in [0.29, 0.717) is 24.4 Å². The van der Waals surface area contributed by atoms with Crippen LogP contribution in [-0.2, 0) is 33.2 Å². The second kappa shape index (κ2) is 15.7. The van der Waals surface area contributed by atoms with Gasteiger partial charge in [-0.2, -0.15) is 0 Å². The van der Waals surface area contributed by atoms with Crippen LogP contribution in [0.25, 0.3) is 0 Å². The molecule has 0 amide bonds. The summed E-state index contributed by atoms with van der Waals surface area (Å²) in [7, 11) is 0. The third-order valence-electron chi connectivity index (χ3n) is 19.7. The van der Waals surface area contributed by atoms with Gasteiger partial charge in [-0.05, 0) is 104 Å². The van der Waals surface area contributed by atoms with Gasteiger partial charge < -0.3 is 79.1 Å². The van der Waals surface area contributed by atoms with Crippen LogP contribution in [0, 0.1) is 50.2 Å². The van der Waals surface area contributed by atoms with Gasteiger partial charge >= 0.3 is 0 Å². The number of hydrogen-bond acceptors (Lipinski definition) is 16. The highest BCUT2D eigenvalue weighted by Gasteiger charge is 2.80. The molecule has 0 aromatic rings. The summed E-state index contributed by atoms with van der Waals surface area (Å²) in [5.41, 5.74) is -0.683. The molecule has 2 bridgehead atoms. The average molecular weight is 885 g/mol. The van der Waals surface area contributed by atoms with Crippen LogP contribution in [-0.4, -0.2) is 170 Å². The first-order valence-electron chi connectivity index (χ1n) is 23.5. The van der Waals surface area contributed by atoms with E-state index in [9.17, 15) is 46.0 Å². The van der Waals surface area contributed by atoms with Crippen molar-refractivity contribution >= 4 is 0 Å². The highest BCUT2D eigenvalue weighted by atomic mass is 16.8. The lowest BCUT2D eigenvalue weighted by molar-refractivity contribution is -0.378. The second-order valence-electron chi connectivity index (χ2n) is 23.4. The largest absolute Gasteiger partial charge is 0.394 e. The summed E-state index contributed by atoms with van der Waals surface area (Å²) in [5.74, 6) is 1.08. The first-order chi connectivity index (χ1) is 29.0. The van der Waals surface area contributed by atoms with E-state index in [2.05, 4.69) is 48.5 Å². The van der Waals surface area contributed by atoms with E-state index in [1.165, 1.54) is 0 Å². The van der Waals surface area contributed by atoms with Crippen molar-refractivity contribution in [3.05, 3.63) is 0 Å². The summed E-state index contributed by atoms with van der Waals surface area (Å²) < 4.78 is 42.9. The first-order valence-corrected chi connectivity index (χ1v) is 23.5. The van der Waals surface area contributed by atoms with Gasteiger partial charge in [0.25, 0.3) is 0 Å². The van der Waals surface area contributed by atoms with Crippen LogP contribution < -0.4 is 0 Å². The van der Waals surface area contributed by atoms with Gasteiger partial charge in [-0.1, -0.05) is 48.5 Å². The molecule has 16 nitrogen and oxygen atoms in total. The molecule has 4 aliphatic heterocycles. The molecule has 356 valence electrons. The summed E-state index contributed by atoms with van der Waals surface area (Å²) >= 11 is 0. The lowest BCUT2D eigenvalue weighted by Gasteiger charge is -2.75. The van der Waals surface area contributed by atoms with Gasteiger partial charge in [-0.25, -0.2) is 0 Å². The Bertz CT molecular complexity index is 1650. The second-order valence-corrected chi connectivity index (χ2v) is 23.4. The molecule has 0 unspecified atom stereocenters. The Hall–Kier alpha value is -0.640. The van der Waals surface area contributed by atoms with E-state index >= 15 is 0 Å². The summed E-state index contributed by atoms with van der Waals surface area (Å²) in [5, 5.41) is 97.3. The predicted octanol–water partition coefficient (Wildman–Crippen LogP) is 1.10. The van der Waals surface area contributed by atoms with E-state index in [1.54, 1.807) is 0 Å². The minimum Gasteiger partial charge on any atom is -0.394 e. The van der Waals surface area contributed by atoms with Crippen LogP contribution >= 0.6 is 0 Å². The van der Waals surface area contributed by atoms with Crippen molar-refractivity contribution in [3.8, 4) is 0 Å². The zero-order chi connectivity index (χ0) is 44.7. The van der Waals surface area contributed by atoms with E-state index in [-0.39, 0.29) is 63.5 Å². The lowest BCUT2D eigenvalue weighted by Crippen LogP contribution is -2.74. The molecule has 9 N–H and O–H groups in total. The average Bonchev–Trinajstić information content (AvgIpc) is 3.49. The van der Waals surface area contributed by atoms with Crippen LogP contribution in [0.1, 0.15) is 113 Å². The monoisotopic (exact) mass is 885 g/mol. The van der Waals surface area contributed by atoms with E-state index in [0.717, 1.165) is 64.2 Å². The highest BCUT2D eigenvalue weighted by Crippen LogP contribution is 2.80. The molecule has 4 heterocycles. The predicted molar refractivity (Wildman–Crippen MR) is 218 cm³/mol. The van der Waals surface area contributed by atoms with Crippen LogP contribution in [0.5, 0.6) is 0 Å². The minimum absolute atomic E-state index is 0.00479. The third kappa shape index (κ3) is 6.57. The van der Waals surface area contributed by atoms with Crippen molar-refractivity contribution in [2.45, 2.75) is 210 Å². The maximum atomic E-state index is 12.2. The van der Waals surface area contributed by atoms with E-state index in [4.69, 9.17) is 33.2 Å². The quantitative estimate of drug-likeness (QED) is 0.163. The minimum atomic E-state index is -1.74. The van der Waals surface area contributed by atoms with Gasteiger partial charge in [0.15, 0.2) is 18.9 Å². The molecule has 1 spiro atoms. The number of rotatable bonds is 7. The van der Waals surface area contributed by atoms with Crippen LogP contribution in [0.15, 0.2) is 0 Å². The zero-order valence-electron chi connectivity index (χ0n) is 37.7. The number of fused-ring (bicyclic) bond motifs is 4. The van der Waals surface area contributed by atoms with Gasteiger partial charge in [0.2, 0.25) is 0 Å². The van der Waals surface area contributed by atoms with E-state index < -0.39 is 86.5 Å². The Morgan fingerprint density at radius 1 is 0.597 bits per heavy atom. The summed E-state index contributed by atoms with van der Waals surface area (Å²) in [6, 6.07) is 0. The van der Waals surface area contributed by atoms with Gasteiger partial charge in [0, 0.05) is 10.8 Å². The van der Waals surface area contributed by atoms with Crippen molar-refractivity contribution in [2.75, 3.05) is 26.4 Å². The molecule has 9 fully saturated rings. The smallest absolute Gasteiger partial charge is 0.187 e. The molecular formula is C46H76O16. The van der Waals surface area contributed by atoms with E-state index in [1.807, 2.05) is 0 Å².